The molecule has 0 aromatic carbocycles. The maximum absolute atomic E-state index is 12.3. The van der Waals surface area contributed by atoms with E-state index in [9.17, 15) is 4.39 Å². The van der Waals surface area contributed by atoms with Crippen LogP contribution in [0.5, 0.6) is 0 Å². The number of hydrogen-bond donors (Lipinski definition) is 0. The third kappa shape index (κ3) is 0.763. The van der Waals surface area contributed by atoms with Crippen molar-refractivity contribution in [2.24, 2.45) is 5.41 Å². The molecule has 1 aliphatic carbocycles. The highest BCUT2D eigenvalue weighted by Crippen LogP contribution is 2.58. The molecule has 2 saturated heterocycles. The fourth-order valence-corrected chi connectivity index (χ4v) is 2.85. The Kier molecular flexibility index (Phi) is 1.50. The van der Waals surface area contributed by atoms with Crippen LogP contribution in [0.3, 0.4) is 0 Å². The molecular formula is C7H10FIO. The number of alkyl halides is 2. The zero-order valence-corrected chi connectivity index (χ0v) is 7.86. The van der Waals surface area contributed by atoms with Crippen LogP contribution in [-0.4, -0.2) is 23.3 Å². The molecule has 2 heterocycles. The smallest absolute Gasteiger partial charge is 0.0974 e. The van der Waals surface area contributed by atoms with Gasteiger partial charge in [0.25, 0.3) is 0 Å². The summed E-state index contributed by atoms with van der Waals surface area (Å²) >= 11 is 2.32. The molecule has 1 nitrogen and oxygen atoms in total. The monoisotopic (exact) mass is 256 g/mol. The summed E-state index contributed by atoms with van der Waals surface area (Å²) in [4.78, 5) is 0. The third-order valence-corrected chi connectivity index (χ3v) is 4.00. The summed E-state index contributed by atoms with van der Waals surface area (Å²) in [7, 11) is 0. The molecule has 0 atom stereocenters. The highest BCUT2D eigenvalue weighted by Gasteiger charge is 2.61. The van der Waals surface area contributed by atoms with Crippen LogP contribution in [0.25, 0.3) is 0 Å². The van der Waals surface area contributed by atoms with Crippen LogP contribution < -0.4 is 0 Å². The standard InChI is InChI=1S/C7H10FIO/c8-3-6-1-7(2-6,4-9)10-5-6/h1-5H2. The van der Waals surface area contributed by atoms with Crippen molar-refractivity contribution in [3.05, 3.63) is 0 Å². The predicted molar refractivity (Wildman–Crippen MR) is 45.2 cm³/mol. The topological polar surface area (TPSA) is 9.23 Å². The highest BCUT2D eigenvalue weighted by atomic mass is 127. The molecule has 3 aliphatic rings. The van der Waals surface area contributed by atoms with Gasteiger partial charge in [-0.1, -0.05) is 22.6 Å². The molecule has 3 heteroatoms. The van der Waals surface area contributed by atoms with Crippen molar-refractivity contribution in [2.45, 2.75) is 18.4 Å². The highest BCUT2D eigenvalue weighted by molar-refractivity contribution is 14.1. The van der Waals surface area contributed by atoms with Crippen LogP contribution in [0, 0.1) is 5.41 Å². The molecular weight excluding hydrogens is 246 g/mol. The quantitative estimate of drug-likeness (QED) is 0.542. The van der Waals surface area contributed by atoms with Gasteiger partial charge in [0.05, 0.1) is 18.9 Å². The molecule has 10 heavy (non-hydrogen) atoms. The summed E-state index contributed by atoms with van der Waals surface area (Å²) in [6.07, 6.45) is 1.92. The number of halogens is 2. The number of fused-ring (bicyclic) bond motifs is 1. The third-order valence-electron chi connectivity index (χ3n) is 2.61. The molecule has 1 saturated carbocycles. The van der Waals surface area contributed by atoms with Crippen LogP contribution in [-0.2, 0) is 4.74 Å². The molecule has 3 rings (SSSR count). The first kappa shape index (κ1) is 7.28. The Labute approximate surface area is 73.5 Å². The zero-order chi connectivity index (χ0) is 7.24. The number of rotatable bonds is 2. The average Bonchev–Trinajstić information content (AvgIpc) is 2.40. The summed E-state index contributed by atoms with van der Waals surface area (Å²) in [6, 6.07) is 0. The minimum absolute atomic E-state index is 0.0504. The largest absolute Gasteiger partial charge is 0.373 e. The van der Waals surface area contributed by atoms with Gasteiger partial charge in [-0.2, -0.15) is 0 Å². The van der Waals surface area contributed by atoms with Crippen LogP contribution in [0.15, 0.2) is 0 Å². The van der Waals surface area contributed by atoms with Crippen LogP contribution in [0.2, 0.25) is 0 Å². The van der Waals surface area contributed by atoms with E-state index in [-0.39, 0.29) is 17.7 Å². The Hall–Kier alpha value is 0.620. The van der Waals surface area contributed by atoms with E-state index in [0.717, 1.165) is 17.3 Å². The normalized spacial score (nSPS) is 51.0. The molecule has 0 radical (unpaired) electrons. The van der Waals surface area contributed by atoms with E-state index in [0.29, 0.717) is 6.61 Å². The maximum atomic E-state index is 12.3. The van der Waals surface area contributed by atoms with Crippen molar-refractivity contribution in [2.75, 3.05) is 17.7 Å². The van der Waals surface area contributed by atoms with E-state index < -0.39 is 0 Å². The summed E-state index contributed by atoms with van der Waals surface area (Å²) in [5.74, 6) is 0. The first-order chi connectivity index (χ1) is 4.74. The van der Waals surface area contributed by atoms with Crippen molar-refractivity contribution >= 4 is 22.6 Å². The fourth-order valence-electron chi connectivity index (χ4n) is 2.09. The number of hydrogen-bond acceptors (Lipinski definition) is 1. The molecule has 2 bridgehead atoms. The van der Waals surface area contributed by atoms with Gasteiger partial charge < -0.3 is 4.74 Å². The average molecular weight is 256 g/mol. The van der Waals surface area contributed by atoms with Gasteiger partial charge in [0.15, 0.2) is 0 Å². The predicted octanol–water partition coefficient (Wildman–Crippen LogP) is 1.94. The van der Waals surface area contributed by atoms with Gasteiger partial charge in [-0.05, 0) is 12.8 Å². The second-order valence-electron chi connectivity index (χ2n) is 3.59. The van der Waals surface area contributed by atoms with E-state index in [2.05, 4.69) is 22.6 Å². The zero-order valence-electron chi connectivity index (χ0n) is 5.70. The lowest BCUT2D eigenvalue weighted by Crippen LogP contribution is -2.46. The first-order valence-corrected chi connectivity index (χ1v) is 5.03. The second kappa shape index (κ2) is 2.06. The van der Waals surface area contributed by atoms with E-state index >= 15 is 0 Å². The van der Waals surface area contributed by atoms with Gasteiger partial charge >= 0.3 is 0 Å². The molecule has 0 aromatic heterocycles. The van der Waals surface area contributed by atoms with Crippen molar-refractivity contribution in [3.63, 3.8) is 0 Å². The molecule has 0 aromatic rings. The first-order valence-electron chi connectivity index (χ1n) is 3.50. The molecule has 0 amide bonds. The van der Waals surface area contributed by atoms with E-state index in [1.807, 2.05) is 0 Å². The summed E-state index contributed by atoms with van der Waals surface area (Å²) in [6.45, 7) is 0.470. The van der Waals surface area contributed by atoms with Crippen molar-refractivity contribution in [1.82, 2.24) is 0 Å². The Bertz CT molecular complexity index is 138. The van der Waals surface area contributed by atoms with Crippen molar-refractivity contribution in [3.8, 4) is 0 Å². The van der Waals surface area contributed by atoms with E-state index in [4.69, 9.17) is 4.74 Å². The Morgan fingerprint density at radius 2 is 2.20 bits per heavy atom. The lowest BCUT2D eigenvalue weighted by molar-refractivity contribution is 0.00511. The van der Waals surface area contributed by atoms with Gasteiger partial charge in [-0.25, -0.2) is 0 Å². The summed E-state index contributed by atoms with van der Waals surface area (Å²) < 4.78 is 18.9. The molecule has 2 aliphatic heterocycles. The lowest BCUT2D eigenvalue weighted by atomic mass is 9.64. The van der Waals surface area contributed by atoms with Gasteiger partial charge in [-0.3, -0.25) is 4.39 Å². The van der Waals surface area contributed by atoms with Crippen LogP contribution in [0.1, 0.15) is 12.8 Å². The van der Waals surface area contributed by atoms with Gasteiger partial charge in [0.1, 0.15) is 0 Å². The summed E-state index contributed by atoms with van der Waals surface area (Å²) in [5.41, 5.74) is 0.0395. The molecule has 0 unspecified atom stereocenters. The van der Waals surface area contributed by atoms with Crippen LogP contribution in [0.4, 0.5) is 4.39 Å². The summed E-state index contributed by atoms with van der Waals surface area (Å²) in [5, 5.41) is 0. The minimum atomic E-state index is -0.189. The Balaban J connectivity index is 2.06. The van der Waals surface area contributed by atoms with E-state index in [1.54, 1.807) is 0 Å². The fraction of sp³-hybridized carbons (Fsp3) is 1.00. The minimum Gasteiger partial charge on any atom is -0.373 e. The van der Waals surface area contributed by atoms with Gasteiger partial charge in [0, 0.05) is 9.84 Å². The molecule has 58 valence electrons. The van der Waals surface area contributed by atoms with Gasteiger partial charge in [0.2, 0.25) is 0 Å². The number of ether oxygens (including phenoxy) is 1. The van der Waals surface area contributed by atoms with Crippen molar-refractivity contribution in [1.29, 1.82) is 0 Å². The Morgan fingerprint density at radius 1 is 1.50 bits per heavy atom. The maximum Gasteiger partial charge on any atom is 0.0974 e. The van der Waals surface area contributed by atoms with E-state index in [1.165, 1.54) is 0 Å². The molecule has 0 N–H and O–H groups in total. The van der Waals surface area contributed by atoms with Crippen LogP contribution >= 0.6 is 22.6 Å². The van der Waals surface area contributed by atoms with Gasteiger partial charge in [-0.15, -0.1) is 0 Å². The lowest BCUT2D eigenvalue weighted by Gasteiger charge is -2.41. The SMILES string of the molecule is FCC12COC(CI)(C1)C2. The molecule has 3 fully saturated rings. The second-order valence-corrected chi connectivity index (χ2v) is 4.36. The Morgan fingerprint density at radius 3 is 2.50 bits per heavy atom. The van der Waals surface area contributed by atoms with Crippen molar-refractivity contribution < 1.29 is 9.13 Å². The molecule has 0 spiro atoms.